The fourth-order valence-electron chi connectivity index (χ4n) is 2.24. The number of para-hydroxylation sites is 1. The molecule has 0 radical (unpaired) electrons. The zero-order valence-corrected chi connectivity index (χ0v) is 12.6. The zero-order valence-electron chi connectivity index (χ0n) is 11.0. The van der Waals surface area contributed by atoms with Gasteiger partial charge >= 0.3 is 0 Å². The number of hydrogen-bond acceptors (Lipinski definition) is 4. The van der Waals surface area contributed by atoms with Crippen LogP contribution in [0.2, 0.25) is 0 Å². The van der Waals surface area contributed by atoms with Crippen molar-refractivity contribution in [1.82, 2.24) is 4.98 Å². The molecule has 0 bridgehead atoms. The van der Waals surface area contributed by atoms with Gasteiger partial charge in [-0.2, -0.15) is 0 Å². The monoisotopic (exact) mass is 309 g/mol. The van der Waals surface area contributed by atoms with Crippen LogP contribution in [0.3, 0.4) is 0 Å². The molecule has 1 N–H and O–H groups in total. The molecular weight excluding hydrogens is 298 g/mol. The lowest BCUT2D eigenvalue weighted by Crippen LogP contribution is -1.70. The molecule has 2 nitrogen and oxygen atoms in total. The summed E-state index contributed by atoms with van der Waals surface area (Å²) in [4.78, 5) is 6.99. The van der Waals surface area contributed by atoms with Crippen molar-refractivity contribution in [2.24, 2.45) is 0 Å². The SMILES string of the molecule is Oc1cccc(-c2ccc(-c3nc4ccccc4s3)s2)c1. The minimum Gasteiger partial charge on any atom is -0.508 e. The highest BCUT2D eigenvalue weighted by molar-refractivity contribution is 7.26. The Morgan fingerprint density at radius 1 is 0.810 bits per heavy atom. The van der Waals surface area contributed by atoms with Gasteiger partial charge in [0.25, 0.3) is 0 Å². The number of phenols is 1. The number of rotatable bonds is 2. The number of nitrogens with zero attached hydrogens (tertiary/aromatic N) is 1. The first-order chi connectivity index (χ1) is 10.3. The number of fused-ring (bicyclic) bond motifs is 1. The Hall–Kier alpha value is -2.17. The van der Waals surface area contributed by atoms with Crippen molar-refractivity contribution in [2.75, 3.05) is 0 Å². The van der Waals surface area contributed by atoms with E-state index in [1.807, 2.05) is 30.3 Å². The molecule has 0 atom stereocenters. The molecule has 4 heteroatoms. The highest BCUT2D eigenvalue weighted by Gasteiger charge is 2.10. The van der Waals surface area contributed by atoms with E-state index in [1.54, 1.807) is 34.8 Å². The molecule has 2 aromatic heterocycles. The molecule has 2 aromatic carbocycles. The molecule has 102 valence electrons. The van der Waals surface area contributed by atoms with Gasteiger partial charge in [0.1, 0.15) is 10.8 Å². The zero-order chi connectivity index (χ0) is 14.2. The van der Waals surface area contributed by atoms with Crippen molar-refractivity contribution < 1.29 is 5.11 Å². The molecule has 0 aliphatic carbocycles. The van der Waals surface area contributed by atoms with Crippen LogP contribution in [0.1, 0.15) is 0 Å². The van der Waals surface area contributed by atoms with Crippen LogP contribution < -0.4 is 0 Å². The van der Waals surface area contributed by atoms with Gasteiger partial charge in [0.15, 0.2) is 0 Å². The van der Waals surface area contributed by atoms with Gasteiger partial charge in [0.05, 0.1) is 15.1 Å². The smallest absolute Gasteiger partial charge is 0.134 e. The molecule has 4 rings (SSSR count). The Kier molecular flexibility index (Phi) is 2.98. The lowest BCUT2D eigenvalue weighted by atomic mass is 10.2. The standard InChI is InChI=1S/C17H11NOS2/c19-12-5-3-4-11(10-12)14-8-9-16(20-14)17-18-13-6-1-2-7-15(13)21-17/h1-10,19H. The van der Waals surface area contributed by atoms with E-state index in [9.17, 15) is 5.11 Å². The van der Waals surface area contributed by atoms with Crippen molar-refractivity contribution in [2.45, 2.75) is 0 Å². The molecule has 0 aliphatic heterocycles. The van der Waals surface area contributed by atoms with E-state index < -0.39 is 0 Å². The molecule has 21 heavy (non-hydrogen) atoms. The first-order valence-electron chi connectivity index (χ1n) is 6.55. The van der Waals surface area contributed by atoms with Gasteiger partial charge in [-0.1, -0.05) is 24.3 Å². The predicted molar refractivity (Wildman–Crippen MR) is 90.0 cm³/mol. The van der Waals surface area contributed by atoms with E-state index >= 15 is 0 Å². The van der Waals surface area contributed by atoms with E-state index in [-0.39, 0.29) is 0 Å². The quantitative estimate of drug-likeness (QED) is 0.538. The van der Waals surface area contributed by atoms with Gasteiger partial charge in [0, 0.05) is 4.88 Å². The van der Waals surface area contributed by atoms with Crippen LogP contribution in [-0.4, -0.2) is 10.1 Å². The van der Waals surface area contributed by atoms with Gasteiger partial charge in [0.2, 0.25) is 0 Å². The highest BCUT2D eigenvalue weighted by atomic mass is 32.1. The van der Waals surface area contributed by atoms with Crippen LogP contribution in [0, 0.1) is 0 Å². The molecule has 0 fully saturated rings. The molecule has 0 aliphatic rings. The summed E-state index contributed by atoms with van der Waals surface area (Å²) in [7, 11) is 0. The summed E-state index contributed by atoms with van der Waals surface area (Å²) in [5.41, 5.74) is 2.08. The number of aromatic hydroxyl groups is 1. The Bertz CT molecular complexity index is 890. The summed E-state index contributed by atoms with van der Waals surface area (Å²) < 4.78 is 1.21. The minimum atomic E-state index is 0.294. The van der Waals surface area contributed by atoms with E-state index in [1.165, 1.54) is 4.70 Å². The molecular formula is C17H11NOS2. The molecule has 0 saturated heterocycles. The van der Waals surface area contributed by atoms with Gasteiger partial charge < -0.3 is 5.11 Å². The third-order valence-electron chi connectivity index (χ3n) is 3.24. The second-order valence-corrected chi connectivity index (χ2v) is 6.82. The third-order valence-corrected chi connectivity index (χ3v) is 5.58. The molecule has 2 heterocycles. The Morgan fingerprint density at radius 3 is 2.52 bits per heavy atom. The Balaban J connectivity index is 1.77. The first-order valence-corrected chi connectivity index (χ1v) is 8.18. The van der Waals surface area contributed by atoms with Crippen LogP contribution >= 0.6 is 22.7 Å². The van der Waals surface area contributed by atoms with E-state index in [0.29, 0.717) is 5.75 Å². The van der Waals surface area contributed by atoms with Crippen molar-refractivity contribution >= 4 is 32.9 Å². The molecule has 0 amide bonds. The van der Waals surface area contributed by atoms with Crippen molar-refractivity contribution in [3.8, 4) is 26.1 Å². The highest BCUT2D eigenvalue weighted by Crippen LogP contribution is 2.38. The number of benzene rings is 2. The maximum atomic E-state index is 9.59. The Labute approximate surface area is 130 Å². The van der Waals surface area contributed by atoms with E-state index in [2.05, 4.69) is 23.2 Å². The summed E-state index contributed by atoms with van der Waals surface area (Å²) in [6.07, 6.45) is 0. The average Bonchev–Trinajstić information content (AvgIpc) is 3.14. The molecule has 4 aromatic rings. The first kappa shape index (κ1) is 12.6. The number of aromatic nitrogens is 1. The van der Waals surface area contributed by atoms with Crippen LogP contribution in [0.5, 0.6) is 5.75 Å². The fraction of sp³-hybridized carbons (Fsp3) is 0. The van der Waals surface area contributed by atoms with Crippen LogP contribution in [0.25, 0.3) is 30.5 Å². The average molecular weight is 309 g/mol. The number of thiophene rings is 1. The number of hydrogen-bond donors (Lipinski definition) is 1. The second-order valence-electron chi connectivity index (χ2n) is 4.70. The van der Waals surface area contributed by atoms with Gasteiger partial charge in [-0.15, -0.1) is 22.7 Å². The summed E-state index contributed by atoms with van der Waals surface area (Å²) in [6.45, 7) is 0. The number of thiazole rings is 1. The van der Waals surface area contributed by atoms with E-state index in [4.69, 9.17) is 0 Å². The molecule has 0 unspecified atom stereocenters. The maximum Gasteiger partial charge on any atom is 0.134 e. The fourth-order valence-corrected chi connectivity index (χ4v) is 4.27. The van der Waals surface area contributed by atoms with Gasteiger partial charge in [-0.25, -0.2) is 4.98 Å². The largest absolute Gasteiger partial charge is 0.508 e. The summed E-state index contributed by atoms with van der Waals surface area (Å²) >= 11 is 3.41. The van der Waals surface area contributed by atoms with Crippen LogP contribution in [-0.2, 0) is 0 Å². The van der Waals surface area contributed by atoms with Gasteiger partial charge in [-0.3, -0.25) is 0 Å². The van der Waals surface area contributed by atoms with Gasteiger partial charge in [-0.05, 0) is 42.0 Å². The lowest BCUT2D eigenvalue weighted by Gasteiger charge is -1.97. The second kappa shape index (κ2) is 4.98. The number of phenolic OH excluding ortho intramolecular Hbond substituents is 1. The molecule has 0 spiro atoms. The van der Waals surface area contributed by atoms with Crippen LogP contribution in [0.4, 0.5) is 0 Å². The van der Waals surface area contributed by atoms with Crippen LogP contribution in [0.15, 0.2) is 60.7 Å². The minimum absolute atomic E-state index is 0.294. The summed E-state index contributed by atoms with van der Waals surface area (Å²) in [5, 5.41) is 10.6. The summed E-state index contributed by atoms with van der Waals surface area (Å²) in [5.74, 6) is 0.294. The topological polar surface area (TPSA) is 33.1 Å². The van der Waals surface area contributed by atoms with E-state index in [0.717, 1.165) is 25.8 Å². The third kappa shape index (κ3) is 2.33. The normalized spacial score (nSPS) is 11.0. The maximum absolute atomic E-state index is 9.59. The predicted octanol–water partition coefficient (Wildman–Crippen LogP) is 5.40. The van der Waals surface area contributed by atoms with Crippen molar-refractivity contribution in [3.05, 3.63) is 60.7 Å². The van der Waals surface area contributed by atoms with Crippen molar-refractivity contribution in [3.63, 3.8) is 0 Å². The summed E-state index contributed by atoms with van der Waals surface area (Å²) in [6, 6.07) is 19.7. The lowest BCUT2D eigenvalue weighted by molar-refractivity contribution is 0.475. The molecule has 0 saturated carbocycles. The van der Waals surface area contributed by atoms with Crippen molar-refractivity contribution in [1.29, 1.82) is 0 Å². The Morgan fingerprint density at radius 2 is 1.67 bits per heavy atom.